The van der Waals surface area contributed by atoms with E-state index in [9.17, 15) is 9.18 Å². The number of aromatic amines is 1. The van der Waals surface area contributed by atoms with Crippen LogP contribution in [0.5, 0.6) is 0 Å². The van der Waals surface area contributed by atoms with Crippen molar-refractivity contribution in [2.24, 2.45) is 0 Å². The van der Waals surface area contributed by atoms with E-state index < -0.39 is 5.82 Å². The molecule has 2 aliphatic heterocycles. The molecule has 1 atom stereocenters. The van der Waals surface area contributed by atoms with Gasteiger partial charge >= 0.3 is 0 Å². The van der Waals surface area contributed by atoms with Crippen LogP contribution in [0, 0.1) is 17.1 Å². The van der Waals surface area contributed by atoms with E-state index in [1.54, 1.807) is 6.07 Å². The van der Waals surface area contributed by atoms with Crippen LogP contribution in [0.2, 0.25) is 0 Å². The van der Waals surface area contributed by atoms with Crippen LogP contribution >= 0.6 is 0 Å². The van der Waals surface area contributed by atoms with E-state index in [1.165, 1.54) is 6.07 Å². The number of rotatable bonds is 3. The number of nitriles is 1. The zero-order valence-corrected chi connectivity index (χ0v) is 18.1. The third-order valence-corrected chi connectivity index (χ3v) is 6.67. The number of anilines is 2. The standard InChI is InChI=1S/C25H26FN5O/c1-16-14-31(19-6-5-18(13-27)22(26)12-19)10-9-30(16)15-17-4-7-20-23(11-17)29-25(32)21-3-2-8-28-24(20)21/h4-7,11-12,16,28H,2-3,8-10,14-15H2,1H3,(H,29,32)/t16-/m1/s1. The molecule has 1 aromatic heterocycles. The Bertz CT molecular complexity index is 1280. The van der Waals surface area contributed by atoms with Crippen LogP contribution < -0.4 is 15.8 Å². The molecule has 0 saturated carbocycles. The lowest BCUT2D eigenvalue weighted by Crippen LogP contribution is -2.51. The van der Waals surface area contributed by atoms with E-state index in [4.69, 9.17) is 5.26 Å². The highest BCUT2D eigenvalue weighted by Gasteiger charge is 2.25. The van der Waals surface area contributed by atoms with Crippen LogP contribution in [0.25, 0.3) is 10.9 Å². The smallest absolute Gasteiger partial charge is 0.253 e. The lowest BCUT2D eigenvalue weighted by Gasteiger charge is -2.41. The number of hydrogen-bond acceptors (Lipinski definition) is 5. The molecular formula is C25H26FN5O. The molecule has 0 spiro atoms. The number of nitrogens with zero attached hydrogens (tertiary/aromatic N) is 3. The van der Waals surface area contributed by atoms with Gasteiger partial charge in [-0.3, -0.25) is 9.69 Å². The maximum absolute atomic E-state index is 14.0. The van der Waals surface area contributed by atoms with E-state index in [0.717, 1.165) is 79.0 Å². The van der Waals surface area contributed by atoms with E-state index in [2.05, 4.69) is 45.2 Å². The molecule has 0 bridgehead atoms. The van der Waals surface area contributed by atoms with Crippen molar-refractivity contribution in [3.8, 4) is 6.07 Å². The van der Waals surface area contributed by atoms with Gasteiger partial charge in [-0.25, -0.2) is 4.39 Å². The molecule has 2 aromatic carbocycles. The lowest BCUT2D eigenvalue weighted by molar-refractivity contribution is 0.181. The second kappa shape index (κ2) is 8.29. The number of fused-ring (bicyclic) bond motifs is 3. The summed E-state index contributed by atoms with van der Waals surface area (Å²) in [6, 6.07) is 13.3. The van der Waals surface area contributed by atoms with Gasteiger partial charge in [-0.2, -0.15) is 5.26 Å². The summed E-state index contributed by atoms with van der Waals surface area (Å²) in [6.45, 7) is 6.29. The first-order valence-electron chi connectivity index (χ1n) is 11.1. The maximum atomic E-state index is 14.0. The lowest BCUT2D eigenvalue weighted by atomic mass is 10.0. The minimum atomic E-state index is -0.470. The molecule has 2 aliphatic rings. The Morgan fingerprint density at radius 2 is 2.09 bits per heavy atom. The summed E-state index contributed by atoms with van der Waals surface area (Å²) in [5.74, 6) is -0.470. The quantitative estimate of drug-likeness (QED) is 0.663. The first-order valence-corrected chi connectivity index (χ1v) is 11.1. The highest BCUT2D eigenvalue weighted by Crippen LogP contribution is 2.29. The van der Waals surface area contributed by atoms with E-state index in [-0.39, 0.29) is 17.2 Å². The van der Waals surface area contributed by atoms with Gasteiger partial charge in [-0.05, 0) is 49.6 Å². The van der Waals surface area contributed by atoms with Crippen LogP contribution in [0.3, 0.4) is 0 Å². The SMILES string of the molecule is C[C@@H]1CN(c2ccc(C#N)c(F)c2)CCN1Cc1ccc2c3c(c(=O)[nH]c2c1)CCCN3. The number of halogens is 1. The Hall–Kier alpha value is -3.37. The summed E-state index contributed by atoms with van der Waals surface area (Å²) in [5.41, 5.74) is 4.78. The first kappa shape index (κ1) is 20.5. The third kappa shape index (κ3) is 3.71. The summed E-state index contributed by atoms with van der Waals surface area (Å²) in [7, 11) is 0. The number of pyridine rings is 1. The van der Waals surface area contributed by atoms with Gasteiger partial charge in [0, 0.05) is 55.4 Å². The molecule has 3 heterocycles. The number of benzene rings is 2. The molecule has 32 heavy (non-hydrogen) atoms. The van der Waals surface area contributed by atoms with Gasteiger partial charge in [0.05, 0.1) is 16.8 Å². The fourth-order valence-corrected chi connectivity index (χ4v) is 4.89. The van der Waals surface area contributed by atoms with Gasteiger partial charge in [0.1, 0.15) is 11.9 Å². The summed E-state index contributed by atoms with van der Waals surface area (Å²) in [4.78, 5) is 20.2. The van der Waals surface area contributed by atoms with Crippen LogP contribution in [-0.4, -0.2) is 42.1 Å². The van der Waals surface area contributed by atoms with Gasteiger partial charge in [-0.1, -0.05) is 12.1 Å². The fourth-order valence-electron chi connectivity index (χ4n) is 4.89. The van der Waals surface area contributed by atoms with Gasteiger partial charge in [0.15, 0.2) is 0 Å². The van der Waals surface area contributed by atoms with Crippen molar-refractivity contribution in [2.75, 3.05) is 36.4 Å². The predicted molar refractivity (Wildman–Crippen MR) is 125 cm³/mol. The van der Waals surface area contributed by atoms with Crippen LogP contribution in [0.4, 0.5) is 15.8 Å². The summed E-state index contributed by atoms with van der Waals surface area (Å²) >= 11 is 0. The third-order valence-electron chi connectivity index (χ3n) is 6.67. The normalized spacial score (nSPS) is 18.8. The first-order chi connectivity index (χ1) is 15.5. The Morgan fingerprint density at radius 3 is 2.88 bits per heavy atom. The largest absolute Gasteiger partial charge is 0.384 e. The molecule has 3 aromatic rings. The highest BCUT2D eigenvalue weighted by atomic mass is 19.1. The molecule has 2 N–H and O–H groups in total. The zero-order chi connectivity index (χ0) is 22.2. The second-order valence-electron chi connectivity index (χ2n) is 8.76. The number of piperazine rings is 1. The number of H-pyrrole nitrogens is 1. The van der Waals surface area contributed by atoms with Crippen molar-refractivity contribution < 1.29 is 4.39 Å². The van der Waals surface area contributed by atoms with Crippen LogP contribution in [0.15, 0.2) is 41.2 Å². The molecule has 1 fully saturated rings. The fraction of sp³-hybridized carbons (Fsp3) is 0.360. The van der Waals surface area contributed by atoms with Crippen molar-refractivity contribution in [2.45, 2.75) is 32.4 Å². The maximum Gasteiger partial charge on any atom is 0.253 e. The molecule has 0 aliphatic carbocycles. The van der Waals surface area contributed by atoms with Crippen molar-refractivity contribution in [1.29, 1.82) is 5.26 Å². The van der Waals surface area contributed by atoms with Crippen LogP contribution in [-0.2, 0) is 13.0 Å². The molecule has 5 rings (SSSR count). The highest BCUT2D eigenvalue weighted by molar-refractivity contribution is 5.93. The van der Waals surface area contributed by atoms with Gasteiger partial charge in [-0.15, -0.1) is 0 Å². The van der Waals surface area contributed by atoms with Crippen LogP contribution in [0.1, 0.15) is 30.0 Å². The Kier molecular flexibility index (Phi) is 5.32. The summed E-state index contributed by atoms with van der Waals surface area (Å²) < 4.78 is 14.0. The minimum Gasteiger partial charge on any atom is -0.384 e. The van der Waals surface area contributed by atoms with E-state index in [0.29, 0.717) is 0 Å². The minimum absolute atomic E-state index is 0.00785. The molecule has 1 saturated heterocycles. The average molecular weight is 432 g/mol. The molecule has 0 amide bonds. The molecule has 6 nitrogen and oxygen atoms in total. The molecular weight excluding hydrogens is 405 g/mol. The molecule has 164 valence electrons. The predicted octanol–water partition coefficient (Wildman–Crippen LogP) is 3.61. The van der Waals surface area contributed by atoms with Crippen molar-refractivity contribution in [1.82, 2.24) is 9.88 Å². The zero-order valence-electron chi connectivity index (χ0n) is 18.1. The Labute approximate surface area is 186 Å². The second-order valence-corrected chi connectivity index (χ2v) is 8.76. The molecule has 7 heteroatoms. The average Bonchev–Trinajstić information content (AvgIpc) is 2.80. The number of aromatic nitrogens is 1. The van der Waals surface area contributed by atoms with Gasteiger partial charge in [0.25, 0.3) is 5.56 Å². The number of hydrogen-bond donors (Lipinski definition) is 2. The van der Waals surface area contributed by atoms with Crippen molar-refractivity contribution >= 4 is 22.3 Å². The van der Waals surface area contributed by atoms with Crippen molar-refractivity contribution in [3.63, 3.8) is 0 Å². The van der Waals surface area contributed by atoms with Gasteiger partial charge in [0.2, 0.25) is 0 Å². The Morgan fingerprint density at radius 1 is 1.22 bits per heavy atom. The van der Waals surface area contributed by atoms with Crippen molar-refractivity contribution in [3.05, 3.63) is 69.3 Å². The summed E-state index contributed by atoms with van der Waals surface area (Å²) in [6.07, 6.45) is 1.80. The number of nitrogens with one attached hydrogen (secondary N) is 2. The molecule has 0 radical (unpaired) electrons. The molecule has 0 unspecified atom stereocenters. The van der Waals surface area contributed by atoms with E-state index in [1.807, 2.05) is 12.1 Å². The topological polar surface area (TPSA) is 75.2 Å². The summed E-state index contributed by atoms with van der Waals surface area (Å²) in [5, 5.41) is 13.4. The van der Waals surface area contributed by atoms with E-state index >= 15 is 0 Å². The Balaban J connectivity index is 1.32. The monoisotopic (exact) mass is 431 g/mol. The van der Waals surface area contributed by atoms with Gasteiger partial charge < -0.3 is 15.2 Å².